The molecule has 0 amide bonds. The van der Waals surface area contributed by atoms with E-state index in [1.807, 2.05) is 0 Å². The van der Waals surface area contributed by atoms with Gasteiger partial charge >= 0.3 is 5.97 Å². The predicted octanol–water partition coefficient (Wildman–Crippen LogP) is -0.155. The number of aliphatic hydroxyl groups is 1. The standard InChI is InChI=1S/C6H8O3/c1-2-3-5(7)4-6(8)9/h1,5,7H,3-4H2,(H,8,9). The van der Waals surface area contributed by atoms with Crippen LogP contribution in [0.4, 0.5) is 0 Å². The number of aliphatic carboxylic acids is 1. The van der Waals surface area contributed by atoms with Crippen molar-refractivity contribution in [1.82, 2.24) is 0 Å². The molecule has 0 bridgehead atoms. The second kappa shape index (κ2) is 3.93. The number of carbonyl (C=O) groups is 1. The zero-order chi connectivity index (χ0) is 7.28. The van der Waals surface area contributed by atoms with E-state index in [4.69, 9.17) is 16.6 Å². The van der Waals surface area contributed by atoms with Crippen molar-refractivity contribution in [2.24, 2.45) is 0 Å². The number of carboxylic acid groups (broad SMARTS) is 1. The zero-order valence-electron chi connectivity index (χ0n) is 4.87. The third-order valence-electron chi connectivity index (χ3n) is 0.764. The molecule has 9 heavy (non-hydrogen) atoms. The van der Waals surface area contributed by atoms with E-state index in [0.29, 0.717) is 0 Å². The van der Waals surface area contributed by atoms with Crippen molar-refractivity contribution >= 4 is 5.97 Å². The molecular weight excluding hydrogens is 120 g/mol. The molecule has 0 aromatic carbocycles. The van der Waals surface area contributed by atoms with Gasteiger partial charge in [0.05, 0.1) is 12.5 Å². The Bertz CT molecular complexity index is 134. The molecule has 0 rings (SSSR count). The molecule has 50 valence electrons. The second-order valence-electron chi connectivity index (χ2n) is 1.66. The Kier molecular flexibility index (Phi) is 3.49. The smallest absolute Gasteiger partial charge is 0.306 e. The van der Waals surface area contributed by atoms with Gasteiger partial charge in [0.25, 0.3) is 0 Å². The highest BCUT2D eigenvalue weighted by Gasteiger charge is 2.06. The zero-order valence-corrected chi connectivity index (χ0v) is 4.87. The van der Waals surface area contributed by atoms with Gasteiger partial charge in [-0.25, -0.2) is 0 Å². The van der Waals surface area contributed by atoms with E-state index in [1.165, 1.54) is 0 Å². The summed E-state index contributed by atoms with van der Waals surface area (Å²) in [6.45, 7) is 0. The molecule has 0 fully saturated rings. The Morgan fingerprint density at radius 3 is 2.67 bits per heavy atom. The van der Waals surface area contributed by atoms with Crippen LogP contribution in [-0.2, 0) is 4.79 Å². The van der Waals surface area contributed by atoms with Crippen LogP contribution in [-0.4, -0.2) is 22.3 Å². The van der Waals surface area contributed by atoms with E-state index in [2.05, 4.69) is 5.92 Å². The van der Waals surface area contributed by atoms with Crippen LogP contribution in [0.15, 0.2) is 0 Å². The third-order valence-corrected chi connectivity index (χ3v) is 0.764. The number of terminal acetylenes is 1. The third kappa shape index (κ3) is 4.85. The van der Waals surface area contributed by atoms with Crippen LogP contribution in [0.25, 0.3) is 0 Å². The number of aliphatic hydroxyl groups excluding tert-OH is 1. The highest BCUT2D eigenvalue weighted by atomic mass is 16.4. The maximum atomic E-state index is 9.86. The van der Waals surface area contributed by atoms with Crippen molar-refractivity contribution in [3.8, 4) is 12.3 Å². The van der Waals surface area contributed by atoms with Crippen molar-refractivity contribution in [3.05, 3.63) is 0 Å². The first-order valence-corrected chi connectivity index (χ1v) is 2.50. The maximum absolute atomic E-state index is 9.86. The lowest BCUT2D eigenvalue weighted by Crippen LogP contribution is -2.11. The highest BCUT2D eigenvalue weighted by molar-refractivity contribution is 5.67. The molecule has 0 aliphatic rings. The summed E-state index contributed by atoms with van der Waals surface area (Å²) in [4.78, 5) is 9.86. The molecule has 0 saturated carbocycles. The number of rotatable bonds is 3. The molecule has 1 unspecified atom stereocenters. The Morgan fingerprint density at radius 1 is 1.78 bits per heavy atom. The molecule has 0 heterocycles. The summed E-state index contributed by atoms with van der Waals surface area (Å²) in [5.41, 5.74) is 0. The summed E-state index contributed by atoms with van der Waals surface area (Å²) < 4.78 is 0. The van der Waals surface area contributed by atoms with Crippen LogP contribution < -0.4 is 0 Å². The molecule has 3 heteroatoms. The monoisotopic (exact) mass is 128 g/mol. The minimum atomic E-state index is -1.03. The van der Waals surface area contributed by atoms with Crippen molar-refractivity contribution in [3.63, 3.8) is 0 Å². The average molecular weight is 128 g/mol. The van der Waals surface area contributed by atoms with Gasteiger partial charge in [-0.3, -0.25) is 4.79 Å². The summed E-state index contributed by atoms with van der Waals surface area (Å²) in [6.07, 6.45) is 3.74. The first-order valence-electron chi connectivity index (χ1n) is 2.50. The molecule has 0 aliphatic heterocycles. The molecule has 0 spiro atoms. The normalized spacial score (nSPS) is 12.0. The van der Waals surface area contributed by atoms with Gasteiger partial charge in [-0.15, -0.1) is 12.3 Å². The lowest BCUT2D eigenvalue weighted by atomic mass is 10.2. The van der Waals surface area contributed by atoms with Gasteiger partial charge in [-0.05, 0) is 0 Å². The van der Waals surface area contributed by atoms with E-state index in [0.717, 1.165) is 0 Å². The predicted molar refractivity (Wildman–Crippen MR) is 31.7 cm³/mol. The van der Waals surface area contributed by atoms with Gasteiger partial charge in [0, 0.05) is 6.42 Å². The van der Waals surface area contributed by atoms with E-state index >= 15 is 0 Å². The first kappa shape index (κ1) is 7.99. The van der Waals surface area contributed by atoms with Crippen LogP contribution in [0, 0.1) is 12.3 Å². The summed E-state index contributed by atoms with van der Waals surface area (Å²) in [5, 5.41) is 16.8. The Hall–Kier alpha value is -1.01. The molecule has 0 aromatic rings. The van der Waals surface area contributed by atoms with E-state index < -0.39 is 12.1 Å². The Balaban J connectivity index is 3.40. The highest BCUT2D eigenvalue weighted by Crippen LogP contribution is 1.94. The molecule has 0 aliphatic carbocycles. The number of carboxylic acids is 1. The Labute approximate surface area is 53.3 Å². The lowest BCUT2D eigenvalue weighted by molar-refractivity contribution is -0.139. The van der Waals surface area contributed by atoms with E-state index in [1.54, 1.807) is 0 Å². The fourth-order valence-electron chi connectivity index (χ4n) is 0.410. The van der Waals surface area contributed by atoms with Gasteiger partial charge in [0.15, 0.2) is 0 Å². The SMILES string of the molecule is C#CCC(O)CC(=O)O. The molecule has 0 aromatic heterocycles. The van der Waals surface area contributed by atoms with Crippen LogP contribution in [0.5, 0.6) is 0 Å². The molecule has 0 saturated heterocycles. The fraction of sp³-hybridized carbons (Fsp3) is 0.500. The summed E-state index contributed by atoms with van der Waals surface area (Å²) in [5.74, 6) is 1.13. The topological polar surface area (TPSA) is 57.5 Å². The summed E-state index contributed by atoms with van der Waals surface area (Å²) >= 11 is 0. The van der Waals surface area contributed by atoms with Crippen LogP contribution in [0.1, 0.15) is 12.8 Å². The largest absolute Gasteiger partial charge is 0.481 e. The quantitative estimate of drug-likeness (QED) is 0.519. The minimum absolute atomic E-state index is 0.103. The van der Waals surface area contributed by atoms with Gasteiger partial charge in [-0.2, -0.15) is 0 Å². The maximum Gasteiger partial charge on any atom is 0.306 e. The second-order valence-corrected chi connectivity index (χ2v) is 1.66. The van der Waals surface area contributed by atoms with Crippen LogP contribution in [0.3, 0.4) is 0 Å². The molecule has 1 atom stereocenters. The van der Waals surface area contributed by atoms with E-state index in [9.17, 15) is 4.79 Å². The number of hydrogen-bond acceptors (Lipinski definition) is 2. The van der Waals surface area contributed by atoms with Gasteiger partial charge in [0.1, 0.15) is 0 Å². The molecular formula is C6H8O3. The van der Waals surface area contributed by atoms with Gasteiger partial charge in [0.2, 0.25) is 0 Å². The van der Waals surface area contributed by atoms with Crippen LogP contribution in [0.2, 0.25) is 0 Å². The molecule has 2 N–H and O–H groups in total. The summed E-state index contributed by atoms with van der Waals surface area (Å²) in [6, 6.07) is 0. The average Bonchev–Trinajstić information content (AvgIpc) is 1.63. The molecule has 0 radical (unpaired) electrons. The van der Waals surface area contributed by atoms with Crippen molar-refractivity contribution < 1.29 is 15.0 Å². The Morgan fingerprint density at radius 2 is 2.33 bits per heavy atom. The van der Waals surface area contributed by atoms with Crippen molar-refractivity contribution in [2.45, 2.75) is 18.9 Å². The fourth-order valence-corrected chi connectivity index (χ4v) is 0.410. The minimum Gasteiger partial charge on any atom is -0.481 e. The van der Waals surface area contributed by atoms with Crippen LogP contribution >= 0.6 is 0 Å². The first-order chi connectivity index (χ1) is 4.16. The van der Waals surface area contributed by atoms with Crippen molar-refractivity contribution in [1.29, 1.82) is 0 Å². The van der Waals surface area contributed by atoms with Gasteiger partial charge in [-0.1, -0.05) is 0 Å². The summed E-state index contributed by atoms with van der Waals surface area (Å²) in [7, 11) is 0. The lowest BCUT2D eigenvalue weighted by Gasteiger charge is -1.99. The van der Waals surface area contributed by atoms with Crippen molar-refractivity contribution in [2.75, 3.05) is 0 Å². The van der Waals surface area contributed by atoms with Gasteiger partial charge < -0.3 is 10.2 Å². The molecule has 3 nitrogen and oxygen atoms in total. The van der Waals surface area contributed by atoms with E-state index in [-0.39, 0.29) is 12.8 Å². The number of hydrogen-bond donors (Lipinski definition) is 2.